The summed E-state index contributed by atoms with van der Waals surface area (Å²) in [7, 11) is 0. The fourth-order valence-corrected chi connectivity index (χ4v) is 2.33. The first-order chi connectivity index (χ1) is 9.74. The van der Waals surface area contributed by atoms with E-state index < -0.39 is 18.8 Å². The lowest BCUT2D eigenvalue weighted by molar-refractivity contribution is -0.123. The van der Waals surface area contributed by atoms with Crippen LogP contribution in [0.25, 0.3) is 0 Å². The molecule has 6 nitrogen and oxygen atoms in total. The number of amides is 2. The van der Waals surface area contributed by atoms with Crippen LogP contribution in [0.2, 0.25) is 0 Å². The lowest BCUT2D eigenvalue weighted by Crippen LogP contribution is -2.57. The standard InChI is InChI=1S/C12H22F3N5O/c1-2-3-9(10(16)17)19-4-6-20(7-5-19)11(21)18-8-12(13,14)15/h9H,2-8H2,1H3,(H3,16,17)(H,18,21). The Kier molecular flexibility index (Phi) is 6.25. The van der Waals surface area contributed by atoms with E-state index >= 15 is 0 Å². The zero-order valence-electron chi connectivity index (χ0n) is 12.0. The number of urea groups is 1. The molecule has 21 heavy (non-hydrogen) atoms. The Morgan fingerprint density at radius 2 is 1.90 bits per heavy atom. The first-order valence-corrected chi connectivity index (χ1v) is 6.92. The molecule has 0 radical (unpaired) electrons. The van der Waals surface area contributed by atoms with Gasteiger partial charge in [0, 0.05) is 26.2 Å². The zero-order valence-corrected chi connectivity index (χ0v) is 12.0. The molecule has 2 amide bonds. The molecule has 0 bridgehead atoms. The number of carbonyl (C=O) groups is 1. The number of halogens is 3. The summed E-state index contributed by atoms with van der Waals surface area (Å²) in [5.41, 5.74) is 5.57. The van der Waals surface area contributed by atoms with Crippen molar-refractivity contribution in [2.45, 2.75) is 32.0 Å². The molecule has 0 aliphatic carbocycles. The lowest BCUT2D eigenvalue weighted by Gasteiger charge is -2.38. The third-order valence-electron chi connectivity index (χ3n) is 3.40. The van der Waals surface area contributed by atoms with Crippen LogP contribution >= 0.6 is 0 Å². The van der Waals surface area contributed by atoms with E-state index in [2.05, 4.69) is 0 Å². The van der Waals surface area contributed by atoms with Crippen molar-refractivity contribution in [3.63, 3.8) is 0 Å². The van der Waals surface area contributed by atoms with Gasteiger partial charge in [-0.1, -0.05) is 13.3 Å². The molecule has 1 aliphatic heterocycles. The molecule has 1 atom stereocenters. The Morgan fingerprint density at radius 1 is 1.33 bits per heavy atom. The molecule has 1 heterocycles. The minimum atomic E-state index is -4.40. The Balaban J connectivity index is 2.44. The number of rotatable bonds is 5. The van der Waals surface area contributed by atoms with Gasteiger partial charge in [-0.15, -0.1) is 0 Å². The van der Waals surface area contributed by atoms with Gasteiger partial charge in [-0.3, -0.25) is 10.3 Å². The average molecular weight is 309 g/mol. The molecule has 1 saturated heterocycles. The third kappa shape index (κ3) is 5.78. The van der Waals surface area contributed by atoms with Crippen LogP contribution in [0.3, 0.4) is 0 Å². The lowest BCUT2D eigenvalue weighted by atomic mass is 10.1. The largest absolute Gasteiger partial charge is 0.405 e. The van der Waals surface area contributed by atoms with Crippen LogP contribution < -0.4 is 11.1 Å². The number of hydrogen-bond donors (Lipinski definition) is 3. The fraction of sp³-hybridized carbons (Fsp3) is 0.833. The van der Waals surface area contributed by atoms with Crippen molar-refractivity contribution in [1.82, 2.24) is 15.1 Å². The van der Waals surface area contributed by atoms with Crippen molar-refractivity contribution in [3.8, 4) is 0 Å². The summed E-state index contributed by atoms with van der Waals surface area (Å²) in [5, 5.41) is 9.44. The van der Waals surface area contributed by atoms with Gasteiger partial charge in [-0.25, -0.2) is 4.79 Å². The second kappa shape index (κ2) is 7.48. The highest BCUT2D eigenvalue weighted by atomic mass is 19.4. The van der Waals surface area contributed by atoms with Crippen LogP contribution in [0.15, 0.2) is 0 Å². The zero-order chi connectivity index (χ0) is 16.0. The smallest absolute Gasteiger partial charge is 0.386 e. The van der Waals surface area contributed by atoms with Crippen molar-refractivity contribution < 1.29 is 18.0 Å². The molecule has 0 aromatic carbocycles. The number of piperazine rings is 1. The van der Waals surface area contributed by atoms with E-state index in [1.165, 1.54) is 4.90 Å². The minimum absolute atomic E-state index is 0.0897. The summed E-state index contributed by atoms with van der Waals surface area (Å²) in [6, 6.07) is -0.864. The predicted octanol–water partition coefficient (Wildman–Crippen LogP) is 0.981. The van der Waals surface area contributed by atoms with E-state index in [0.29, 0.717) is 26.2 Å². The number of amidine groups is 1. The van der Waals surface area contributed by atoms with Gasteiger partial charge in [0.05, 0.1) is 6.04 Å². The highest BCUT2D eigenvalue weighted by Gasteiger charge is 2.31. The molecule has 0 aromatic rings. The van der Waals surface area contributed by atoms with E-state index in [-0.39, 0.29) is 11.9 Å². The van der Waals surface area contributed by atoms with Crippen LogP contribution in [0.4, 0.5) is 18.0 Å². The number of carbonyl (C=O) groups excluding carboxylic acids is 1. The Morgan fingerprint density at radius 3 is 2.33 bits per heavy atom. The molecular formula is C12H22F3N5O. The second-order valence-corrected chi connectivity index (χ2v) is 5.06. The molecule has 0 spiro atoms. The molecular weight excluding hydrogens is 287 g/mol. The molecule has 9 heteroatoms. The average Bonchev–Trinajstić information content (AvgIpc) is 2.41. The van der Waals surface area contributed by atoms with Crippen LogP contribution in [-0.4, -0.2) is 66.6 Å². The van der Waals surface area contributed by atoms with E-state index in [1.807, 2.05) is 17.1 Å². The quantitative estimate of drug-likeness (QED) is 0.523. The molecule has 1 rings (SSSR count). The van der Waals surface area contributed by atoms with Gasteiger partial charge in [0.2, 0.25) is 0 Å². The Hall–Kier alpha value is -1.51. The SMILES string of the molecule is CCCC(C(=N)N)N1CCN(C(=O)NCC(F)(F)F)CC1. The van der Waals surface area contributed by atoms with Gasteiger partial charge in [0.15, 0.2) is 0 Å². The highest BCUT2D eigenvalue weighted by molar-refractivity contribution is 5.82. The molecule has 122 valence electrons. The van der Waals surface area contributed by atoms with Crippen LogP contribution in [0.1, 0.15) is 19.8 Å². The van der Waals surface area contributed by atoms with Crippen molar-refractivity contribution in [2.24, 2.45) is 5.73 Å². The topological polar surface area (TPSA) is 85.5 Å². The number of hydrogen-bond acceptors (Lipinski definition) is 3. The first-order valence-electron chi connectivity index (χ1n) is 6.92. The van der Waals surface area contributed by atoms with E-state index in [4.69, 9.17) is 11.1 Å². The molecule has 1 unspecified atom stereocenters. The highest BCUT2D eigenvalue weighted by Crippen LogP contribution is 2.14. The van der Waals surface area contributed by atoms with E-state index in [0.717, 1.165) is 12.8 Å². The predicted molar refractivity (Wildman–Crippen MR) is 73.2 cm³/mol. The minimum Gasteiger partial charge on any atom is -0.386 e. The maximum absolute atomic E-state index is 12.0. The number of nitrogens with zero attached hydrogens (tertiary/aromatic N) is 2. The van der Waals surface area contributed by atoms with Gasteiger partial charge in [-0.2, -0.15) is 13.2 Å². The van der Waals surface area contributed by atoms with Gasteiger partial charge in [0.1, 0.15) is 12.4 Å². The monoisotopic (exact) mass is 309 g/mol. The van der Waals surface area contributed by atoms with E-state index in [9.17, 15) is 18.0 Å². The Bertz CT molecular complexity index is 366. The van der Waals surface area contributed by atoms with Crippen molar-refractivity contribution >= 4 is 11.9 Å². The number of alkyl halides is 3. The van der Waals surface area contributed by atoms with E-state index in [1.54, 1.807) is 0 Å². The van der Waals surface area contributed by atoms with Crippen molar-refractivity contribution in [3.05, 3.63) is 0 Å². The van der Waals surface area contributed by atoms with Gasteiger partial charge in [0.25, 0.3) is 0 Å². The van der Waals surface area contributed by atoms with Crippen LogP contribution in [0.5, 0.6) is 0 Å². The second-order valence-electron chi connectivity index (χ2n) is 5.06. The van der Waals surface area contributed by atoms with Crippen molar-refractivity contribution in [2.75, 3.05) is 32.7 Å². The maximum atomic E-state index is 12.0. The summed E-state index contributed by atoms with van der Waals surface area (Å²) >= 11 is 0. The molecule has 1 fully saturated rings. The van der Waals surface area contributed by atoms with Gasteiger partial charge < -0.3 is 16.0 Å². The number of nitrogens with one attached hydrogen (secondary N) is 2. The first kappa shape index (κ1) is 17.5. The maximum Gasteiger partial charge on any atom is 0.405 e. The molecule has 0 saturated carbocycles. The third-order valence-corrected chi connectivity index (χ3v) is 3.40. The number of nitrogens with two attached hydrogens (primary N) is 1. The molecule has 4 N–H and O–H groups in total. The summed E-state index contributed by atoms with van der Waals surface area (Å²) in [5.74, 6) is 0.0897. The summed E-state index contributed by atoms with van der Waals surface area (Å²) < 4.78 is 36.1. The normalized spacial score (nSPS) is 18.4. The molecule has 0 aromatic heterocycles. The van der Waals surface area contributed by atoms with Gasteiger partial charge in [-0.05, 0) is 6.42 Å². The van der Waals surface area contributed by atoms with Crippen LogP contribution in [0, 0.1) is 5.41 Å². The summed E-state index contributed by atoms with van der Waals surface area (Å²) in [6.45, 7) is 2.34. The summed E-state index contributed by atoms with van der Waals surface area (Å²) in [6.07, 6.45) is -2.76. The Labute approximate surface area is 122 Å². The fourth-order valence-electron chi connectivity index (χ4n) is 2.33. The van der Waals surface area contributed by atoms with Crippen LogP contribution in [-0.2, 0) is 0 Å². The van der Waals surface area contributed by atoms with Crippen molar-refractivity contribution in [1.29, 1.82) is 5.41 Å². The van der Waals surface area contributed by atoms with Gasteiger partial charge >= 0.3 is 12.2 Å². The molecule has 1 aliphatic rings. The summed E-state index contributed by atoms with van der Waals surface area (Å²) in [4.78, 5) is 15.0.